The molecule has 0 saturated heterocycles. The molecular formula is C13H19N3O4. The zero-order valence-electron chi connectivity index (χ0n) is 11.6. The molecular weight excluding hydrogens is 262 g/mol. The maximum atomic E-state index is 11.4. The highest BCUT2D eigenvalue weighted by Gasteiger charge is 2.15. The average Bonchev–Trinajstić information content (AvgIpc) is 2.37. The van der Waals surface area contributed by atoms with Crippen molar-refractivity contribution in [1.29, 1.82) is 0 Å². The Kier molecular flexibility index (Phi) is 5.92. The number of hydrogen-bond acceptors (Lipinski definition) is 5. The molecule has 3 N–H and O–H groups in total. The number of amides is 1. The van der Waals surface area contributed by atoms with Gasteiger partial charge in [-0.2, -0.15) is 0 Å². The van der Waals surface area contributed by atoms with Crippen molar-refractivity contribution in [3.8, 4) is 5.75 Å². The summed E-state index contributed by atoms with van der Waals surface area (Å²) >= 11 is 0. The predicted octanol–water partition coefficient (Wildman–Crippen LogP) is 1.35. The molecule has 0 spiro atoms. The molecule has 20 heavy (non-hydrogen) atoms. The largest absolute Gasteiger partial charge is 0.486 e. The standard InChI is InChI=1S/C13H19N3O4/c1-9(2)15-13(17)5-6-20-12-7-10(8-14)3-4-11(12)16(18)19/h3-4,7,9H,5-6,8,14H2,1-2H3,(H,15,17). The van der Waals surface area contributed by atoms with Crippen LogP contribution in [0.2, 0.25) is 0 Å². The maximum absolute atomic E-state index is 11.4. The molecule has 0 fully saturated rings. The fourth-order valence-corrected chi connectivity index (χ4v) is 1.60. The lowest BCUT2D eigenvalue weighted by Gasteiger charge is -2.10. The first-order valence-electron chi connectivity index (χ1n) is 6.33. The van der Waals surface area contributed by atoms with Gasteiger partial charge in [0.2, 0.25) is 5.91 Å². The summed E-state index contributed by atoms with van der Waals surface area (Å²) in [6, 6.07) is 4.51. The molecule has 7 heteroatoms. The highest BCUT2D eigenvalue weighted by Crippen LogP contribution is 2.27. The summed E-state index contributed by atoms with van der Waals surface area (Å²) in [6.07, 6.45) is 0.141. The Morgan fingerprint density at radius 2 is 2.20 bits per heavy atom. The van der Waals surface area contributed by atoms with Crippen molar-refractivity contribution < 1.29 is 14.5 Å². The van der Waals surface area contributed by atoms with Crippen LogP contribution in [0, 0.1) is 10.1 Å². The molecule has 0 unspecified atom stereocenters. The van der Waals surface area contributed by atoms with Gasteiger partial charge in [0.1, 0.15) is 0 Å². The first-order chi connectivity index (χ1) is 9.43. The van der Waals surface area contributed by atoms with Crippen molar-refractivity contribution in [2.45, 2.75) is 32.9 Å². The molecule has 7 nitrogen and oxygen atoms in total. The summed E-state index contributed by atoms with van der Waals surface area (Å²) in [4.78, 5) is 21.8. The van der Waals surface area contributed by atoms with Gasteiger partial charge < -0.3 is 15.8 Å². The first kappa shape index (κ1) is 15.9. The molecule has 0 radical (unpaired) electrons. The summed E-state index contributed by atoms with van der Waals surface area (Å²) in [7, 11) is 0. The number of nitrogens with zero attached hydrogens (tertiary/aromatic N) is 1. The third-order valence-electron chi connectivity index (χ3n) is 2.49. The Hall–Kier alpha value is -2.15. The number of carbonyl (C=O) groups excluding carboxylic acids is 1. The minimum absolute atomic E-state index is 0.0532. The van der Waals surface area contributed by atoms with Crippen molar-refractivity contribution in [3.05, 3.63) is 33.9 Å². The monoisotopic (exact) mass is 281 g/mol. The van der Waals surface area contributed by atoms with Crippen LogP contribution in [0.25, 0.3) is 0 Å². The van der Waals surface area contributed by atoms with Gasteiger partial charge in [-0.25, -0.2) is 0 Å². The van der Waals surface area contributed by atoms with E-state index >= 15 is 0 Å². The Labute approximate surface area is 117 Å². The number of nitro groups is 1. The fourth-order valence-electron chi connectivity index (χ4n) is 1.60. The van der Waals surface area contributed by atoms with Gasteiger partial charge in [-0.3, -0.25) is 14.9 Å². The quantitative estimate of drug-likeness (QED) is 0.579. The van der Waals surface area contributed by atoms with E-state index in [1.165, 1.54) is 12.1 Å². The molecule has 0 aromatic heterocycles. The Morgan fingerprint density at radius 1 is 1.50 bits per heavy atom. The van der Waals surface area contributed by atoms with Gasteiger partial charge in [0.15, 0.2) is 5.75 Å². The first-order valence-corrected chi connectivity index (χ1v) is 6.33. The molecule has 0 aliphatic rings. The van der Waals surface area contributed by atoms with Crippen LogP contribution >= 0.6 is 0 Å². The third kappa shape index (κ3) is 4.85. The van der Waals surface area contributed by atoms with E-state index < -0.39 is 4.92 Å². The van der Waals surface area contributed by atoms with E-state index in [4.69, 9.17) is 10.5 Å². The average molecular weight is 281 g/mol. The van der Waals surface area contributed by atoms with Gasteiger partial charge in [0.25, 0.3) is 0 Å². The van der Waals surface area contributed by atoms with Gasteiger partial charge in [0, 0.05) is 18.7 Å². The van der Waals surface area contributed by atoms with Gasteiger partial charge in [0.05, 0.1) is 18.0 Å². The highest BCUT2D eigenvalue weighted by atomic mass is 16.6. The van der Waals surface area contributed by atoms with Crippen molar-refractivity contribution in [3.63, 3.8) is 0 Å². The summed E-state index contributed by atoms with van der Waals surface area (Å²) in [5.41, 5.74) is 6.09. The van der Waals surface area contributed by atoms with Crippen LogP contribution in [0.1, 0.15) is 25.8 Å². The van der Waals surface area contributed by atoms with E-state index in [9.17, 15) is 14.9 Å². The van der Waals surface area contributed by atoms with E-state index in [-0.39, 0.29) is 43.0 Å². The molecule has 0 bridgehead atoms. The maximum Gasteiger partial charge on any atom is 0.310 e. The van der Waals surface area contributed by atoms with Gasteiger partial charge >= 0.3 is 5.69 Å². The summed E-state index contributed by atoms with van der Waals surface area (Å²) in [5.74, 6) is -0.0204. The summed E-state index contributed by atoms with van der Waals surface area (Å²) in [5, 5.41) is 13.6. The summed E-state index contributed by atoms with van der Waals surface area (Å²) in [6.45, 7) is 4.05. The van der Waals surface area contributed by atoms with Crippen molar-refractivity contribution >= 4 is 11.6 Å². The van der Waals surface area contributed by atoms with E-state index in [1.807, 2.05) is 13.8 Å². The Bertz CT molecular complexity index is 489. The molecule has 1 amide bonds. The topological polar surface area (TPSA) is 107 Å². The molecule has 1 aromatic carbocycles. The van der Waals surface area contributed by atoms with Crippen molar-refractivity contribution in [2.75, 3.05) is 6.61 Å². The van der Waals surface area contributed by atoms with Gasteiger partial charge in [-0.15, -0.1) is 0 Å². The number of nitro benzene ring substituents is 1. The van der Waals surface area contributed by atoms with Crippen molar-refractivity contribution in [2.24, 2.45) is 5.73 Å². The molecule has 0 aliphatic carbocycles. The SMILES string of the molecule is CC(C)NC(=O)CCOc1cc(CN)ccc1[N+](=O)[O-]. The van der Waals surface area contributed by atoms with Crippen LogP contribution in [0.5, 0.6) is 5.75 Å². The van der Waals surface area contributed by atoms with Crippen LogP contribution in [-0.2, 0) is 11.3 Å². The lowest BCUT2D eigenvalue weighted by atomic mass is 10.2. The number of ether oxygens (including phenoxy) is 1. The number of rotatable bonds is 7. The second-order valence-corrected chi connectivity index (χ2v) is 4.58. The highest BCUT2D eigenvalue weighted by molar-refractivity contribution is 5.76. The molecule has 1 rings (SSSR count). The molecule has 0 heterocycles. The van der Waals surface area contributed by atoms with Crippen LogP contribution in [0.4, 0.5) is 5.69 Å². The zero-order valence-corrected chi connectivity index (χ0v) is 11.6. The normalized spacial score (nSPS) is 10.4. The second-order valence-electron chi connectivity index (χ2n) is 4.58. The van der Waals surface area contributed by atoms with E-state index in [2.05, 4.69) is 5.32 Å². The number of carbonyl (C=O) groups is 1. The molecule has 110 valence electrons. The van der Waals surface area contributed by atoms with Crippen LogP contribution in [0.15, 0.2) is 18.2 Å². The molecule has 0 aliphatic heterocycles. The minimum atomic E-state index is -0.524. The zero-order chi connectivity index (χ0) is 15.1. The number of nitrogens with one attached hydrogen (secondary N) is 1. The van der Waals surface area contributed by atoms with E-state index in [1.54, 1.807) is 6.07 Å². The predicted molar refractivity (Wildman–Crippen MR) is 74.4 cm³/mol. The van der Waals surface area contributed by atoms with Gasteiger partial charge in [-0.1, -0.05) is 6.07 Å². The van der Waals surface area contributed by atoms with Crippen LogP contribution < -0.4 is 15.8 Å². The number of hydrogen-bond donors (Lipinski definition) is 2. The van der Waals surface area contributed by atoms with Crippen molar-refractivity contribution in [1.82, 2.24) is 5.32 Å². The lowest BCUT2D eigenvalue weighted by Crippen LogP contribution is -2.31. The van der Waals surface area contributed by atoms with Gasteiger partial charge in [-0.05, 0) is 25.5 Å². The minimum Gasteiger partial charge on any atom is -0.486 e. The Morgan fingerprint density at radius 3 is 2.75 bits per heavy atom. The molecule has 0 saturated carbocycles. The number of benzene rings is 1. The smallest absolute Gasteiger partial charge is 0.310 e. The van der Waals surface area contributed by atoms with Crippen LogP contribution in [0.3, 0.4) is 0 Å². The molecule has 0 atom stereocenters. The molecule has 1 aromatic rings. The van der Waals surface area contributed by atoms with E-state index in [0.29, 0.717) is 0 Å². The number of nitrogens with two attached hydrogens (primary N) is 1. The Balaban J connectivity index is 2.66. The second kappa shape index (κ2) is 7.44. The van der Waals surface area contributed by atoms with Crippen LogP contribution in [-0.4, -0.2) is 23.5 Å². The fraction of sp³-hybridized carbons (Fsp3) is 0.462. The summed E-state index contributed by atoms with van der Waals surface area (Å²) < 4.78 is 5.34. The lowest BCUT2D eigenvalue weighted by molar-refractivity contribution is -0.385. The third-order valence-corrected chi connectivity index (χ3v) is 2.49. The van der Waals surface area contributed by atoms with E-state index in [0.717, 1.165) is 5.56 Å².